The monoisotopic (exact) mass is 539 g/mol. The minimum Gasteiger partial charge on any atom is -0.445 e. The van der Waals surface area contributed by atoms with Crippen molar-refractivity contribution in [2.24, 2.45) is 0 Å². The van der Waals surface area contributed by atoms with Crippen molar-refractivity contribution in [2.45, 2.75) is 31.9 Å². The van der Waals surface area contributed by atoms with Crippen LogP contribution in [0.3, 0.4) is 0 Å². The molecule has 8 nitrogen and oxygen atoms in total. The van der Waals surface area contributed by atoms with Gasteiger partial charge in [-0.05, 0) is 41.7 Å². The van der Waals surface area contributed by atoms with Gasteiger partial charge in [0.2, 0.25) is 0 Å². The summed E-state index contributed by atoms with van der Waals surface area (Å²) in [6.45, 7) is 0.708. The van der Waals surface area contributed by atoms with Gasteiger partial charge >= 0.3 is 6.09 Å². The quantitative estimate of drug-likeness (QED) is 0.172. The van der Waals surface area contributed by atoms with E-state index in [1.54, 1.807) is 17.9 Å². The highest BCUT2D eigenvalue weighted by Crippen LogP contribution is 2.26. The zero-order valence-electron chi connectivity index (χ0n) is 21.3. The number of nitrogens with one attached hydrogen (secondary N) is 3. The van der Waals surface area contributed by atoms with Crippen LogP contribution in [-0.4, -0.2) is 33.5 Å². The van der Waals surface area contributed by atoms with Gasteiger partial charge in [-0.15, -0.1) is 11.3 Å². The zero-order valence-corrected chi connectivity index (χ0v) is 22.1. The molecule has 0 saturated heterocycles. The number of alkyl carbamates (subject to hydrolysis) is 1. The summed E-state index contributed by atoms with van der Waals surface area (Å²) in [7, 11) is 0. The van der Waals surface area contributed by atoms with Crippen molar-refractivity contribution in [2.75, 3.05) is 6.54 Å². The molecule has 0 bridgehead atoms. The number of nitrogens with zero attached hydrogens (tertiary/aromatic N) is 2. The fourth-order valence-corrected chi connectivity index (χ4v) is 4.81. The Bertz CT molecular complexity index is 1520. The van der Waals surface area contributed by atoms with Gasteiger partial charge in [-0.25, -0.2) is 9.78 Å². The molecule has 5 aromatic rings. The predicted molar refractivity (Wildman–Crippen MR) is 152 cm³/mol. The Morgan fingerprint density at radius 3 is 2.59 bits per heavy atom. The lowest BCUT2D eigenvalue weighted by Crippen LogP contribution is -2.29. The third-order valence-electron chi connectivity index (χ3n) is 6.35. The van der Waals surface area contributed by atoms with Gasteiger partial charge in [0, 0.05) is 12.1 Å². The summed E-state index contributed by atoms with van der Waals surface area (Å²) in [4.78, 5) is 37.4. The smallest absolute Gasteiger partial charge is 0.407 e. The van der Waals surface area contributed by atoms with Crippen LogP contribution in [0, 0.1) is 0 Å². The summed E-state index contributed by atoms with van der Waals surface area (Å²) in [6, 6.07) is 23.7. The largest absolute Gasteiger partial charge is 0.445 e. The molecule has 0 aliphatic carbocycles. The SMILES string of the molecule is O=C(NCCCC[C@H](NC(=O)c1cncs1)c1ncc(-c2ccc3ccccc3c2)[nH]1)OCc1ccccc1. The first-order valence-corrected chi connectivity index (χ1v) is 13.7. The van der Waals surface area contributed by atoms with Crippen molar-refractivity contribution in [1.29, 1.82) is 0 Å². The summed E-state index contributed by atoms with van der Waals surface area (Å²) in [6.07, 6.45) is 5.06. The van der Waals surface area contributed by atoms with Crippen molar-refractivity contribution in [3.63, 3.8) is 0 Å². The molecule has 0 saturated carbocycles. The van der Waals surface area contributed by atoms with Crippen LogP contribution in [0.2, 0.25) is 0 Å². The van der Waals surface area contributed by atoms with Gasteiger partial charge in [-0.1, -0.05) is 66.7 Å². The molecule has 2 heterocycles. The molecule has 0 unspecified atom stereocenters. The van der Waals surface area contributed by atoms with E-state index in [-0.39, 0.29) is 18.6 Å². The van der Waals surface area contributed by atoms with Crippen LogP contribution in [0.15, 0.2) is 90.7 Å². The van der Waals surface area contributed by atoms with E-state index in [4.69, 9.17) is 4.74 Å². The Balaban J connectivity index is 1.18. The lowest BCUT2D eigenvalue weighted by molar-refractivity contribution is 0.0936. The fraction of sp³-hybridized carbons (Fsp3) is 0.200. The lowest BCUT2D eigenvalue weighted by atomic mass is 10.1. The number of carbonyl (C=O) groups is 2. The molecule has 39 heavy (non-hydrogen) atoms. The van der Waals surface area contributed by atoms with E-state index < -0.39 is 6.09 Å². The Labute approximate surface area is 230 Å². The Morgan fingerprint density at radius 2 is 1.77 bits per heavy atom. The number of fused-ring (bicyclic) bond motifs is 1. The number of hydrogen-bond donors (Lipinski definition) is 3. The normalized spacial score (nSPS) is 11.7. The zero-order chi connectivity index (χ0) is 26.9. The number of amides is 2. The Hall–Kier alpha value is -4.50. The minimum absolute atomic E-state index is 0.186. The summed E-state index contributed by atoms with van der Waals surface area (Å²) in [5, 5.41) is 8.21. The highest BCUT2D eigenvalue weighted by molar-refractivity contribution is 7.11. The second-order valence-corrected chi connectivity index (χ2v) is 10.0. The number of hydrogen-bond acceptors (Lipinski definition) is 6. The summed E-state index contributed by atoms with van der Waals surface area (Å²) in [5.41, 5.74) is 4.49. The number of rotatable bonds is 11. The summed E-state index contributed by atoms with van der Waals surface area (Å²) >= 11 is 1.29. The van der Waals surface area contributed by atoms with Gasteiger partial charge in [-0.3, -0.25) is 9.78 Å². The van der Waals surface area contributed by atoms with Gasteiger partial charge < -0.3 is 20.4 Å². The number of benzene rings is 3. The third kappa shape index (κ3) is 7.08. The van der Waals surface area contributed by atoms with Crippen LogP contribution in [0.4, 0.5) is 4.79 Å². The molecule has 9 heteroatoms. The lowest BCUT2D eigenvalue weighted by Gasteiger charge is -2.16. The topological polar surface area (TPSA) is 109 Å². The number of carbonyl (C=O) groups excluding carboxylic acids is 2. The first-order valence-electron chi connectivity index (χ1n) is 12.8. The molecule has 5 rings (SSSR count). The maximum Gasteiger partial charge on any atom is 0.407 e. The second kappa shape index (κ2) is 12.8. The fourth-order valence-electron chi connectivity index (χ4n) is 4.29. The van der Waals surface area contributed by atoms with E-state index in [2.05, 4.69) is 55.9 Å². The van der Waals surface area contributed by atoms with E-state index in [0.29, 0.717) is 23.7 Å². The number of ether oxygens (including phenoxy) is 1. The average molecular weight is 540 g/mol. The van der Waals surface area contributed by atoms with Crippen molar-refractivity contribution in [1.82, 2.24) is 25.6 Å². The molecule has 0 aliphatic rings. The van der Waals surface area contributed by atoms with E-state index in [1.807, 2.05) is 42.5 Å². The molecule has 3 N–H and O–H groups in total. The van der Waals surface area contributed by atoms with Gasteiger partial charge in [0.05, 0.1) is 29.6 Å². The van der Waals surface area contributed by atoms with Gasteiger partial charge in [0.25, 0.3) is 5.91 Å². The highest BCUT2D eigenvalue weighted by Gasteiger charge is 2.20. The molecule has 0 fully saturated rings. The van der Waals surface area contributed by atoms with Crippen molar-refractivity contribution in [3.8, 4) is 11.3 Å². The molecule has 0 spiro atoms. The summed E-state index contributed by atoms with van der Waals surface area (Å²) < 4.78 is 5.26. The molecular weight excluding hydrogens is 510 g/mol. The second-order valence-electron chi connectivity index (χ2n) is 9.12. The van der Waals surface area contributed by atoms with Gasteiger partial charge in [0.15, 0.2) is 0 Å². The molecular formula is C30H29N5O3S. The average Bonchev–Trinajstić information content (AvgIpc) is 3.69. The highest BCUT2D eigenvalue weighted by atomic mass is 32.1. The van der Waals surface area contributed by atoms with Crippen LogP contribution in [0.5, 0.6) is 0 Å². The molecule has 3 aromatic carbocycles. The predicted octanol–water partition coefficient (Wildman–Crippen LogP) is 6.25. The van der Waals surface area contributed by atoms with E-state index >= 15 is 0 Å². The number of unbranched alkanes of at least 4 members (excludes halogenated alkanes) is 1. The van der Waals surface area contributed by atoms with E-state index in [1.165, 1.54) is 16.7 Å². The van der Waals surface area contributed by atoms with Gasteiger partial charge in [-0.2, -0.15) is 0 Å². The molecule has 198 valence electrons. The van der Waals surface area contributed by atoms with Crippen LogP contribution >= 0.6 is 11.3 Å². The van der Waals surface area contributed by atoms with Crippen LogP contribution < -0.4 is 10.6 Å². The summed E-state index contributed by atoms with van der Waals surface area (Å²) in [5.74, 6) is 0.500. The van der Waals surface area contributed by atoms with E-state index in [0.717, 1.165) is 35.0 Å². The Kier molecular flexibility index (Phi) is 8.60. The third-order valence-corrected chi connectivity index (χ3v) is 7.12. The van der Waals surface area contributed by atoms with Crippen molar-refractivity contribution in [3.05, 3.63) is 107 Å². The molecule has 1 atom stereocenters. The standard InChI is InChI=1S/C30H29N5O3S/c36-29(27-18-31-20-39-27)35-25(12-6-7-15-32-30(37)38-19-21-8-2-1-3-9-21)28-33-17-26(34-28)24-14-13-22-10-4-5-11-23(22)16-24/h1-5,8-11,13-14,16-18,20,25H,6-7,12,15,19H2,(H,32,37)(H,33,34)(H,35,36)/t25-/m0/s1. The first kappa shape index (κ1) is 26.1. The molecule has 2 amide bonds. The Morgan fingerprint density at radius 1 is 0.949 bits per heavy atom. The van der Waals surface area contributed by atoms with Crippen molar-refractivity contribution < 1.29 is 14.3 Å². The first-order chi connectivity index (χ1) is 19.2. The van der Waals surface area contributed by atoms with Crippen LogP contribution in [0.1, 0.15) is 46.4 Å². The maximum atomic E-state index is 12.8. The van der Waals surface area contributed by atoms with Crippen molar-refractivity contribution >= 4 is 34.1 Å². The molecule has 0 radical (unpaired) electrons. The number of H-pyrrole nitrogens is 1. The van der Waals surface area contributed by atoms with E-state index in [9.17, 15) is 9.59 Å². The van der Waals surface area contributed by atoms with Crippen LogP contribution in [0.25, 0.3) is 22.0 Å². The van der Waals surface area contributed by atoms with Gasteiger partial charge in [0.1, 0.15) is 17.3 Å². The minimum atomic E-state index is -0.444. The number of aromatic nitrogens is 3. The van der Waals surface area contributed by atoms with Crippen LogP contribution in [-0.2, 0) is 11.3 Å². The number of aromatic amines is 1. The molecule has 0 aliphatic heterocycles. The molecule has 2 aromatic heterocycles. The number of imidazole rings is 1. The maximum absolute atomic E-state index is 12.8. The number of thiazole rings is 1.